The lowest BCUT2D eigenvalue weighted by Gasteiger charge is -2.07. The number of hydrogen-bond acceptors (Lipinski definition) is 5. The Labute approximate surface area is 121 Å². The highest BCUT2D eigenvalue weighted by atomic mass is 16.6. The highest BCUT2D eigenvalue weighted by molar-refractivity contribution is 6.10. The molecule has 1 fully saturated rings. The SMILES string of the molecule is CCC1(C)C(C)C1CC(=O)Oc1c2c3oc1cc3C(=O)O2. The van der Waals surface area contributed by atoms with Gasteiger partial charge in [-0.15, -0.1) is 0 Å². The fraction of sp³-hybridized carbons (Fsp3) is 0.500. The van der Waals surface area contributed by atoms with Crippen molar-refractivity contribution in [3.63, 3.8) is 0 Å². The predicted octanol–water partition coefficient (Wildman–Crippen LogP) is 3.38. The Morgan fingerprint density at radius 2 is 2.24 bits per heavy atom. The van der Waals surface area contributed by atoms with E-state index in [1.165, 1.54) is 0 Å². The van der Waals surface area contributed by atoms with Gasteiger partial charge in [-0.3, -0.25) is 4.79 Å². The molecule has 3 atom stereocenters. The fourth-order valence-corrected chi connectivity index (χ4v) is 3.61. The van der Waals surface area contributed by atoms with E-state index in [1.807, 2.05) is 0 Å². The van der Waals surface area contributed by atoms with Gasteiger partial charge in [0.05, 0.1) is 0 Å². The van der Waals surface area contributed by atoms with Crippen LogP contribution in [0.2, 0.25) is 0 Å². The van der Waals surface area contributed by atoms with Crippen molar-refractivity contribution in [1.82, 2.24) is 0 Å². The lowest BCUT2D eigenvalue weighted by atomic mass is 10.0. The molecule has 0 radical (unpaired) electrons. The maximum atomic E-state index is 12.1. The highest BCUT2D eigenvalue weighted by Gasteiger charge is 2.57. The maximum absolute atomic E-state index is 12.1. The smallest absolute Gasteiger partial charge is 0.347 e. The minimum absolute atomic E-state index is 0.233. The van der Waals surface area contributed by atoms with Gasteiger partial charge in [-0.2, -0.15) is 0 Å². The minimum Gasteiger partial charge on any atom is -0.448 e. The molecule has 0 spiro atoms. The molecule has 5 heteroatoms. The first kappa shape index (κ1) is 12.7. The van der Waals surface area contributed by atoms with Crippen molar-refractivity contribution in [2.45, 2.75) is 33.6 Å². The Balaban J connectivity index is 1.50. The third-order valence-corrected chi connectivity index (χ3v) is 5.53. The Bertz CT molecular complexity index is 758. The van der Waals surface area contributed by atoms with Crippen LogP contribution >= 0.6 is 0 Å². The Kier molecular flexibility index (Phi) is 2.28. The second kappa shape index (κ2) is 3.78. The van der Waals surface area contributed by atoms with Crippen LogP contribution in [0.4, 0.5) is 0 Å². The topological polar surface area (TPSA) is 65.7 Å². The van der Waals surface area contributed by atoms with E-state index in [1.54, 1.807) is 6.07 Å². The molecule has 4 rings (SSSR count). The van der Waals surface area contributed by atoms with Crippen LogP contribution in [-0.4, -0.2) is 11.9 Å². The van der Waals surface area contributed by atoms with Crippen molar-refractivity contribution in [3.05, 3.63) is 11.6 Å². The number of carbonyl (C=O) groups excluding carboxylic acids is 2. The molecule has 5 nitrogen and oxygen atoms in total. The van der Waals surface area contributed by atoms with Crippen molar-refractivity contribution in [2.75, 3.05) is 0 Å². The van der Waals surface area contributed by atoms with E-state index >= 15 is 0 Å². The van der Waals surface area contributed by atoms with Gasteiger partial charge in [-0.1, -0.05) is 27.2 Å². The van der Waals surface area contributed by atoms with Gasteiger partial charge in [-0.05, 0) is 17.3 Å². The van der Waals surface area contributed by atoms with Crippen LogP contribution in [0.25, 0.3) is 11.2 Å². The van der Waals surface area contributed by atoms with Crippen LogP contribution < -0.4 is 9.47 Å². The first-order valence-corrected chi connectivity index (χ1v) is 7.27. The molecule has 3 heterocycles. The van der Waals surface area contributed by atoms with Crippen molar-refractivity contribution >= 4 is 23.1 Å². The number of hydrogen-bond donors (Lipinski definition) is 0. The molecule has 3 unspecified atom stereocenters. The third-order valence-electron chi connectivity index (χ3n) is 5.53. The van der Waals surface area contributed by atoms with E-state index in [0.29, 0.717) is 35.0 Å². The van der Waals surface area contributed by atoms with E-state index in [9.17, 15) is 9.59 Å². The van der Waals surface area contributed by atoms with Crippen LogP contribution in [0.15, 0.2) is 10.5 Å². The molecule has 0 aromatic carbocycles. The summed E-state index contributed by atoms with van der Waals surface area (Å²) in [5.41, 5.74) is 1.43. The number of benzene rings is 1. The number of furan rings is 2. The molecule has 0 saturated heterocycles. The zero-order valence-electron chi connectivity index (χ0n) is 12.2. The summed E-state index contributed by atoms with van der Waals surface area (Å²) in [5, 5.41) is 0. The van der Waals surface area contributed by atoms with Crippen LogP contribution in [0.5, 0.6) is 11.5 Å². The van der Waals surface area contributed by atoms with Gasteiger partial charge in [0, 0.05) is 12.5 Å². The van der Waals surface area contributed by atoms with Crippen LogP contribution in [0.1, 0.15) is 44.0 Å². The van der Waals surface area contributed by atoms with E-state index in [2.05, 4.69) is 20.8 Å². The van der Waals surface area contributed by atoms with Gasteiger partial charge >= 0.3 is 11.9 Å². The summed E-state index contributed by atoms with van der Waals surface area (Å²) in [6.45, 7) is 6.52. The average Bonchev–Trinajstić information content (AvgIpc) is 2.87. The van der Waals surface area contributed by atoms with Crippen molar-refractivity contribution < 1.29 is 23.5 Å². The van der Waals surface area contributed by atoms with Crippen molar-refractivity contribution in [3.8, 4) is 11.5 Å². The van der Waals surface area contributed by atoms with Crippen molar-refractivity contribution in [2.24, 2.45) is 17.3 Å². The first-order chi connectivity index (χ1) is 9.95. The Morgan fingerprint density at radius 1 is 1.48 bits per heavy atom. The van der Waals surface area contributed by atoms with Gasteiger partial charge < -0.3 is 13.9 Å². The van der Waals surface area contributed by atoms with Gasteiger partial charge in [0.2, 0.25) is 11.5 Å². The second-order valence-corrected chi connectivity index (χ2v) is 6.33. The zero-order valence-corrected chi connectivity index (χ0v) is 12.2. The molecule has 2 aromatic heterocycles. The Hall–Kier alpha value is -2.04. The number of carbonyl (C=O) groups is 2. The molecule has 2 aliphatic rings. The van der Waals surface area contributed by atoms with Gasteiger partial charge in [-0.25, -0.2) is 4.79 Å². The van der Waals surface area contributed by atoms with Crippen LogP contribution in [0, 0.1) is 17.3 Å². The number of ether oxygens (including phenoxy) is 2. The largest absolute Gasteiger partial charge is 0.448 e. The normalized spacial score (nSPS) is 30.0. The maximum Gasteiger partial charge on any atom is 0.347 e. The lowest BCUT2D eigenvalue weighted by molar-refractivity contribution is -0.135. The summed E-state index contributed by atoms with van der Waals surface area (Å²) in [6, 6.07) is 1.56. The number of fused-ring (bicyclic) bond motifs is 1. The molecule has 1 aliphatic carbocycles. The molecular weight excluding hydrogens is 272 g/mol. The van der Waals surface area contributed by atoms with Crippen LogP contribution in [-0.2, 0) is 4.79 Å². The molecule has 110 valence electrons. The van der Waals surface area contributed by atoms with Crippen molar-refractivity contribution in [1.29, 1.82) is 0 Å². The van der Waals surface area contributed by atoms with Gasteiger partial charge in [0.15, 0.2) is 11.2 Å². The molecule has 0 N–H and O–H groups in total. The van der Waals surface area contributed by atoms with Gasteiger partial charge in [0.25, 0.3) is 0 Å². The van der Waals surface area contributed by atoms with E-state index in [4.69, 9.17) is 13.9 Å². The highest BCUT2D eigenvalue weighted by Crippen LogP contribution is 2.62. The Morgan fingerprint density at radius 3 is 2.90 bits per heavy atom. The third kappa shape index (κ3) is 1.51. The summed E-state index contributed by atoms with van der Waals surface area (Å²) >= 11 is 0. The molecule has 21 heavy (non-hydrogen) atoms. The second-order valence-electron chi connectivity index (χ2n) is 6.33. The standard InChI is InChI=1S/C16H16O5/c1-4-16(3)7(2)9(16)6-11(17)20-13-10-5-8-12(19-10)14(13)21-15(8)18/h5,7,9H,4,6H2,1-3H3. The fourth-order valence-electron chi connectivity index (χ4n) is 3.61. The van der Waals surface area contributed by atoms with E-state index in [-0.39, 0.29) is 22.9 Å². The molecule has 1 saturated carbocycles. The monoisotopic (exact) mass is 288 g/mol. The molecule has 2 aromatic rings. The van der Waals surface area contributed by atoms with Gasteiger partial charge in [0.1, 0.15) is 5.56 Å². The summed E-state index contributed by atoms with van der Waals surface area (Å²) in [4.78, 5) is 23.6. The summed E-state index contributed by atoms with van der Waals surface area (Å²) < 4.78 is 15.9. The summed E-state index contributed by atoms with van der Waals surface area (Å²) in [5.74, 6) is 0.639. The molecule has 0 amide bonds. The predicted molar refractivity (Wildman–Crippen MR) is 73.7 cm³/mol. The molecule has 2 bridgehead atoms. The lowest BCUT2D eigenvalue weighted by Crippen LogP contribution is -2.11. The number of esters is 2. The zero-order chi connectivity index (χ0) is 14.9. The summed E-state index contributed by atoms with van der Waals surface area (Å²) in [7, 11) is 0. The average molecular weight is 288 g/mol. The molecular formula is C16H16O5. The van der Waals surface area contributed by atoms with E-state index < -0.39 is 5.97 Å². The quantitative estimate of drug-likeness (QED) is 0.637. The molecule has 1 aliphatic heterocycles. The van der Waals surface area contributed by atoms with E-state index in [0.717, 1.165) is 6.42 Å². The minimum atomic E-state index is -0.449. The first-order valence-electron chi connectivity index (χ1n) is 7.27. The summed E-state index contributed by atoms with van der Waals surface area (Å²) in [6.07, 6.45) is 1.44. The van der Waals surface area contributed by atoms with Crippen LogP contribution in [0.3, 0.4) is 0 Å². The number of rotatable bonds is 4.